The number of allylic oxidation sites excluding steroid dienone is 1. The van der Waals surface area contributed by atoms with E-state index >= 15 is 0 Å². The zero-order valence-corrected chi connectivity index (χ0v) is 16.7. The lowest BCUT2D eigenvalue weighted by Gasteiger charge is -2.06. The topological polar surface area (TPSA) is 126 Å². The molecule has 8 heteroatoms. The van der Waals surface area contributed by atoms with Gasteiger partial charge in [-0.15, -0.1) is 0 Å². The smallest absolute Gasteiger partial charge is 0.340 e. The molecule has 2 rings (SSSR count). The number of ether oxygens (including phenoxy) is 1. The Morgan fingerprint density at radius 1 is 1.24 bits per heavy atom. The van der Waals surface area contributed by atoms with Crippen molar-refractivity contribution in [3.63, 3.8) is 0 Å². The molecule has 0 atom stereocenters. The second kappa shape index (κ2) is 8.97. The maximum Gasteiger partial charge on any atom is 0.340 e. The lowest BCUT2D eigenvalue weighted by molar-refractivity contribution is -0.385. The Labute approximate surface area is 168 Å². The average molecular weight is 395 g/mol. The molecular formula is C21H21N3O5. The highest BCUT2D eigenvalue weighted by Gasteiger charge is 2.27. The van der Waals surface area contributed by atoms with Gasteiger partial charge in [0.25, 0.3) is 5.69 Å². The average Bonchev–Trinajstić information content (AvgIpc) is 2.99. The molecule has 150 valence electrons. The molecule has 8 nitrogen and oxygen atoms in total. The number of nitrogens with zero attached hydrogens (tertiary/aromatic N) is 2. The molecule has 0 fully saturated rings. The number of carbonyl (C=O) groups is 2. The summed E-state index contributed by atoms with van der Waals surface area (Å²) in [5, 5.41) is 20.8. The number of carbonyl (C=O) groups excluding carboxylic acids is 2. The SMILES string of the molecule is CCOC(=O)c1c(C)[nH]c(C)c1C(=O)/C(C#N)=C/c1ccc(CC)c([N+](=O)[O-])c1. The van der Waals surface area contributed by atoms with Gasteiger partial charge in [-0.3, -0.25) is 14.9 Å². The summed E-state index contributed by atoms with van der Waals surface area (Å²) in [5.41, 5.74) is 1.63. The minimum absolute atomic E-state index is 0.0634. The summed E-state index contributed by atoms with van der Waals surface area (Å²) >= 11 is 0. The zero-order valence-electron chi connectivity index (χ0n) is 16.7. The normalized spacial score (nSPS) is 11.1. The van der Waals surface area contributed by atoms with Crippen molar-refractivity contribution in [3.05, 3.63) is 67.5 Å². The van der Waals surface area contributed by atoms with E-state index in [1.165, 1.54) is 12.1 Å². The molecule has 0 radical (unpaired) electrons. The van der Waals surface area contributed by atoms with Gasteiger partial charge < -0.3 is 9.72 Å². The van der Waals surface area contributed by atoms with Crippen molar-refractivity contribution in [2.24, 2.45) is 0 Å². The van der Waals surface area contributed by atoms with E-state index in [-0.39, 0.29) is 29.0 Å². The number of Topliss-reactive ketones (excluding diaryl/α,β-unsaturated/α-hetero) is 1. The highest BCUT2D eigenvalue weighted by atomic mass is 16.6. The minimum Gasteiger partial charge on any atom is -0.462 e. The Bertz CT molecular complexity index is 1060. The van der Waals surface area contributed by atoms with E-state index in [1.54, 1.807) is 39.8 Å². The van der Waals surface area contributed by atoms with Gasteiger partial charge in [0.1, 0.15) is 11.6 Å². The van der Waals surface area contributed by atoms with Crippen molar-refractivity contribution in [2.75, 3.05) is 6.61 Å². The lowest BCUT2D eigenvalue weighted by atomic mass is 9.97. The van der Waals surface area contributed by atoms with Gasteiger partial charge in [0.2, 0.25) is 5.78 Å². The monoisotopic (exact) mass is 395 g/mol. The fraction of sp³-hybridized carbons (Fsp3) is 0.286. The second-order valence-corrected chi connectivity index (χ2v) is 6.34. The molecule has 0 unspecified atom stereocenters. The van der Waals surface area contributed by atoms with Gasteiger partial charge in [0, 0.05) is 23.0 Å². The third kappa shape index (κ3) is 4.41. The molecule has 1 aromatic carbocycles. The van der Waals surface area contributed by atoms with Crippen molar-refractivity contribution in [3.8, 4) is 6.07 Å². The quantitative estimate of drug-likeness (QED) is 0.188. The Hall–Kier alpha value is -3.73. The van der Waals surface area contributed by atoms with E-state index in [4.69, 9.17) is 4.74 Å². The van der Waals surface area contributed by atoms with Crippen LogP contribution in [0.3, 0.4) is 0 Å². The van der Waals surface area contributed by atoms with Gasteiger partial charge in [-0.05, 0) is 38.8 Å². The third-order valence-corrected chi connectivity index (χ3v) is 4.44. The van der Waals surface area contributed by atoms with Gasteiger partial charge in [0.15, 0.2) is 0 Å². The maximum absolute atomic E-state index is 13.0. The summed E-state index contributed by atoms with van der Waals surface area (Å²) in [7, 11) is 0. The number of aryl methyl sites for hydroxylation is 3. The third-order valence-electron chi connectivity index (χ3n) is 4.44. The number of esters is 1. The molecular weight excluding hydrogens is 374 g/mol. The summed E-state index contributed by atoms with van der Waals surface area (Å²) in [6.45, 7) is 6.86. The standard InChI is InChI=1S/C21H21N3O5/c1-5-15-8-7-14(10-17(15)24(27)28)9-16(11-22)20(25)18-12(3)23-13(4)19(18)21(26)29-6-2/h7-10,23H,5-6H2,1-4H3/b16-9+. The van der Waals surface area contributed by atoms with E-state index in [2.05, 4.69) is 4.98 Å². The number of ketones is 1. The number of benzene rings is 1. The first kappa shape index (κ1) is 21.6. The first-order valence-corrected chi connectivity index (χ1v) is 9.05. The van der Waals surface area contributed by atoms with Crippen LogP contribution in [0.15, 0.2) is 23.8 Å². The molecule has 0 aliphatic heterocycles. The predicted molar refractivity (Wildman–Crippen MR) is 107 cm³/mol. The molecule has 0 saturated heterocycles. The van der Waals surface area contributed by atoms with Gasteiger partial charge in [-0.25, -0.2) is 4.79 Å². The first-order valence-electron chi connectivity index (χ1n) is 9.05. The summed E-state index contributed by atoms with van der Waals surface area (Å²) in [6, 6.07) is 6.37. The van der Waals surface area contributed by atoms with E-state index in [0.29, 0.717) is 28.9 Å². The number of rotatable bonds is 7. The molecule has 0 bridgehead atoms. The van der Waals surface area contributed by atoms with Crippen LogP contribution in [-0.4, -0.2) is 28.3 Å². The number of aromatic nitrogens is 1. The van der Waals surface area contributed by atoms with Crippen LogP contribution < -0.4 is 0 Å². The van der Waals surface area contributed by atoms with Crippen molar-refractivity contribution < 1.29 is 19.2 Å². The molecule has 0 aliphatic carbocycles. The number of nitriles is 1. The van der Waals surface area contributed by atoms with Crippen LogP contribution in [-0.2, 0) is 11.2 Å². The van der Waals surface area contributed by atoms with Crippen molar-refractivity contribution in [1.29, 1.82) is 5.26 Å². The Morgan fingerprint density at radius 3 is 2.45 bits per heavy atom. The van der Waals surface area contributed by atoms with Crippen LogP contribution in [0.5, 0.6) is 0 Å². The summed E-state index contributed by atoms with van der Waals surface area (Å²) in [6.07, 6.45) is 1.76. The molecule has 0 spiro atoms. The Kier molecular flexibility index (Phi) is 6.67. The van der Waals surface area contributed by atoms with Crippen LogP contribution in [0.2, 0.25) is 0 Å². The molecule has 2 aromatic rings. The van der Waals surface area contributed by atoms with E-state index < -0.39 is 16.7 Å². The van der Waals surface area contributed by atoms with Crippen LogP contribution in [0.25, 0.3) is 6.08 Å². The number of hydrogen-bond acceptors (Lipinski definition) is 6. The Morgan fingerprint density at radius 2 is 1.90 bits per heavy atom. The summed E-state index contributed by atoms with van der Waals surface area (Å²) < 4.78 is 5.02. The van der Waals surface area contributed by atoms with E-state index in [9.17, 15) is 25.0 Å². The number of nitro benzene ring substituents is 1. The number of nitro groups is 1. The predicted octanol–water partition coefficient (Wildman–Crippen LogP) is 4.07. The molecule has 0 aliphatic rings. The number of nitrogens with one attached hydrogen (secondary N) is 1. The molecule has 1 N–H and O–H groups in total. The highest BCUT2D eigenvalue weighted by molar-refractivity contribution is 6.19. The fourth-order valence-electron chi connectivity index (χ4n) is 3.11. The van der Waals surface area contributed by atoms with Crippen LogP contribution >= 0.6 is 0 Å². The van der Waals surface area contributed by atoms with Crippen molar-refractivity contribution >= 4 is 23.5 Å². The summed E-state index contributed by atoms with van der Waals surface area (Å²) in [4.78, 5) is 39.0. The van der Waals surface area contributed by atoms with Gasteiger partial charge in [-0.1, -0.05) is 19.1 Å². The van der Waals surface area contributed by atoms with Crippen molar-refractivity contribution in [2.45, 2.75) is 34.1 Å². The molecule has 0 saturated carbocycles. The number of aromatic amines is 1. The summed E-state index contributed by atoms with van der Waals surface area (Å²) in [5.74, 6) is -1.31. The molecule has 29 heavy (non-hydrogen) atoms. The first-order chi connectivity index (χ1) is 13.7. The van der Waals surface area contributed by atoms with E-state index in [0.717, 1.165) is 0 Å². The van der Waals surface area contributed by atoms with Crippen molar-refractivity contribution in [1.82, 2.24) is 4.98 Å². The second-order valence-electron chi connectivity index (χ2n) is 6.34. The maximum atomic E-state index is 13.0. The van der Waals surface area contributed by atoms with Gasteiger partial charge in [-0.2, -0.15) is 5.26 Å². The zero-order chi connectivity index (χ0) is 21.7. The Balaban J connectivity index is 2.56. The van der Waals surface area contributed by atoms with Crippen LogP contribution in [0, 0.1) is 35.3 Å². The van der Waals surface area contributed by atoms with E-state index in [1.807, 2.05) is 6.07 Å². The molecule has 1 heterocycles. The highest BCUT2D eigenvalue weighted by Crippen LogP contribution is 2.26. The minimum atomic E-state index is -0.655. The lowest BCUT2D eigenvalue weighted by Crippen LogP contribution is -2.13. The number of hydrogen-bond donors (Lipinski definition) is 1. The molecule has 0 amide bonds. The largest absolute Gasteiger partial charge is 0.462 e. The van der Waals surface area contributed by atoms with Gasteiger partial charge in [0.05, 0.1) is 22.7 Å². The number of H-pyrrole nitrogens is 1. The van der Waals surface area contributed by atoms with Gasteiger partial charge >= 0.3 is 5.97 Å². The fourth-order valence-corrected chi connectivity index (χ4v) is 3.11. The van der Waals surface area contributed by atoms with Crippen LogP contribution in [0.1, 0.15) is 57.1 Å². The van der Waals surface area contributed by atoms with Crippen LogP contribution in [0.4, 0.5) is 5.69 Å². The molecule has 1 aromatic heterocycles.